The molecule has 1 N–H and O–H groups in total. The Balaban J connectivity index is 2.01. The lowest BCUT2D eigenvalue weighted by Gasteiger charge is -2.12. The molecule has 2 heterocycles. The van der Waals surface area contributed by atoms with Gasteiger partial charge in [0.05, 0.1) is 19.4 Å². The smallest absolute Gasteiger partial charge is 0.252 e. The number of hydrogen-bond acceptors (Lipinski definition) is 3. The van der Waals surface area contributed by atoms with Gasteiger partial charge in [0.1, 0.15) is 11.6 Å². The van der Waals surface area contributed by atoms with Crippen LogP contribution in [0.3, 0.4) is 0 Å². The molecule has 0 saturated carbocycles. The number of hydrogen-bond donors (Lipinski definition) is 1. The maximum Gasteiger partial charge on any atom is 0.252 e. The first kappa shape index (κ1) is 10.8. The van der Waals surface area contributed by atoms with Gasteiger partial charge in [0.15, 0.2) is 0 Å². The molecule has 2 rings (SSSR count). The molecule has 1 aliphatic rings. The number of pyridine rings is 1. The molecule has 0 spiro atoms. The third-order valence-electron chi connectivity index (χ3n) is 2.22. The summed E-state index contributed by atoms with van der Waals surface area (Å²) in [5.74, 6) is -0.288. The normalized spacial score (nSPS) is 15.4. The molecule has 1 aromatic rings. The molecule has 0 bridgehead atoms. The van der Waals surface area contributed by atoms with Gasteiger partial charge in [0, 0.05) is 12.0 Å². The van der Waals surface area contributed by atoms with Gasteiger partial charge < -0.3 is 10.1 Å². The minimum atomic E-state index is -0.428. The van der Waals surface area contributed by atoms with Gasteiger partial charge in [0.2, 0.25) is 0 Å². The first-order valence-electron chi connectivity index (χ1n) is 4.95. The van der Waals surface area contributed by atoms with E-state index in [1.165, 1.54) is 12.1 Å². The van der Waals surface area contributed by atoms with Crippen molar-refractivity contribution in [3.63, 3.8) is 0 Å². The molecule has 84 valence electrons. The number of ether oxygens (including phenoxy) is 1. The predicted octanol–water partition coefficient (Wildman–Crippen LogP) is 1.51. The van der Waals surface area contributed by atoms with Crippen molar-refractivity contribution in [3.05, 3.63) is 35.8 Å². The Hall–Kier alpha value is -1.75. The van der Waals surface area contributed by atoms with Crippen molar-refractivity contribution in [3.8, 4) is 0 Å². The Morgan fingerprint density at radius 2 is 2.38 bits per heavy atom. The predicted molar refractivity (Wildman–Crippen MR) is 56.3 cm³/mol. The fraction of sp³-hybridized carbons (Fsp3) is 0.273. The Kier molecular flexibility index (Phi) is 3.26. The number of rotatable bonds is 2. The van der Waals surface area contributed by atoms with Crippen molar-refractivity contribution in [2.75, 3.05) is 18.5 Å². The molecule has 1 amide bonds. The van der Waals surface area contributed by atoms with Crippen LogP contribution in [0.1, 0.15) is 6.42 Å². The van der Waals surface area contributed by atoms with Crippen LogP contribution in [-0.2, 0) is 9.53 Å². The summed E-state index contributed by atoms with van der Waals surface area (Å²) in [5.41, 5.74) is 0.678. The molecule has 0 saturated heterocycles. The van der Waals surface area contributed by atoms with Crippen LogP contribution in [-0.4, -0.2) is 24.1 Å². The number of carbonyl (C=O) groups is 1. The minimum absolute atomic E-state index is 0.206. The minimum Gasteiger partial charge on any atom is -0.377 e. The van der Waals surface area contributed by atoms with E-state index >= 15 is 0 Å². The average molecular weight is 222 g/mol. The number of amides is 1. The molecule has 0 aromatic carbocycles. The Bertz CT molecular complexity index is 414. The zero-order chi connectivity index (χ0) is 11.4. The number of nitrogens with one attached hydrogen (secondary N) is 1. The van der Waals surface area contributed by atoms with Crippen molar-refractivity contribution in [2.24, 2.45) is 0 Å². The molecular weight excluding hydrogens is 211 g/mol. The molecule has 0 radical (unpaired) electrons. The molecule has 0 aliphatic carbocycles. The van der Waals surface area contributed by atoms with Crippen LogP contribution in [0, 0.1) is 5.82 Å². The summed E-state index contributed by atoms with van der Waals surface area (Å²) in [7, 11) is 0. The summed E-state index contributed by atoms with van der Waals surface area (Å²) in [4.78, 5) is 15.4. The molecule has 4 nitrogen and oxygen atoms in total. The fourth-order valence-corrected chi connectivity index (χ4v) is 1.38. The van der Waals surface area contributed by atoms with Crippen LogP contribution in [0.25, 0.3) is 0 Å². The highest BCUT2D eigenvalue weighted by Crippen LogP contribution is 2.11. The molecule has 16 heavy (non-hydrogen) atoms. The van der Waals surface area contributed by atoms with Gasteiger partial charge >= 0.3 is 0 Å². The van der Waals surface area contributed by atoms with Crippen LogP contribution in [0.15, 0.2) is 30.0 Å². The van der Waals surface area contributed by atoms with Crippen molar-refractivity contribution in [1.29, 1.82) is 0 Å². The Morgan fingerprint density at radius 3 is 3.00 bits per heavy atom. The summed E-state index contributed by atoms with van der Waals surface area (Å²) < 4.78 is 17.7. The van der Waals surface area contributed by atoms with Crippen LogP contribution < -0.4 is 5.32 Å². The molecule has 5 heteroatoms. The third kappa shape index (κ3) is 2.64. The largest absolute Gasteiger partial charge is 0.377 e. The second-order valence-electron chi connectivity index (χ2n) is 3.37. The van der Waals surface area contributed by atoms with Crippen molar-refractivity contribution < 1.29 is 13.9 Å². The van der Waals surface area contributed by atoms with Crippen molar-refractivity contribution in [1.82, 2.24) is 4.98 Å². The van der Waals surface area contributed by atoms with E-state index in [0.717, 1.165) is 6.20 Å². The van der Waals surface area contributed by atoms with Crippen LogP contribution in [0.5, 0.6) is 0 Å². The Labute approximate surface area is 92.1 Å². The van der Waals surface area contributed by atoms with Crippen molar-refractivity contribution >= 4 is 11.7 Å². The van der Waals surface area contributed by atoms with Gasteiger partial charge in [-0.1, -0.05) is 6.08 Å². The zero-order valence-corrected chi connectivity index (χ0v) is 8.57. The molecule has 1 aromatic heterocycles. The standard InChI is InChI=1S/C11H11FN2O2/c12-9-1-2-10(13-7-9)14-11(15)8-3-5-16-6-4-8/h1-3,7H,4-6H2,(H,13,14,15). The monoisotopic (exact) mass is 222 g/mol. The van der Waals surface area contributed by atoms with Crippen LogP contribution >= 0.6 is 0 Å². The van der Waals surface area contributed by atoms with E-state index in [0.29, 0.717) is 31.0 Å². The van der Waals surface area contributed by atoms with E-state index in [1.807, 2.05) is 0 Å². The summed E-state index contributed by atoms with van der Waals surface area (Å²) in [5, 5.41) is 2.60. The molecule has 0 fully saturated rings. The molecule has 0 unspecified atom stereocenters. The molecular formula is C11H11FN2O2. The molecule has 1 aliphatic heterocycles. The van der Waals surface area contributed by atoms with E-state index in [-0.39, 0.29) is 5.91 Å². The second kappa shape index (κ2) is 4.85. The second-order valence-corrected chi connectivity index (χ2v) is 3.37. The topological polar surface area (TPSA) is 51.2 Å². The summed E-state index contributed by atoms with van der Waals surface area (Å²) >= 11 is 0. The van der Waals surface area contributed by atoms with Gasteiger partial charge in [-0.25, -0.2) is 9.37 Å². The lowest BCUT2D eigenvalue weighted by Crippen LogP contribution is -2.19. The average Bonchev–Trinajstić information content (AvgIpc) is 2.33. The summed E-state index contributed by atoms with van der Waals surface area (Å²) in [6.07, 6.45) is 3.39. The van der Waals surface area contributed by atoms with E-state index < -0.39 is 5.82 Å². The SMILES string of the molecule is O=C(Nc1ccc(F)cn1)C1=CCOCC1. The Morgan fingerprint density at radius 1 is 1.50 bits per heavy atom. The molecule has 0 atom stereocenters. The summed E-state index contributed by atoms with van der Waals surface area (Å²) in [6.45, 7) is 1.01. The number of aromatic nitrogens is 1. The maximum atomic E-state index is 12.6. The van der Waals surface area contributed by atoms with Gasteiger partial charge in [-0.15, -0.1) is 0 Å². The highest BCUT2D eigenvalue weighted by molar-refractivity contribution is 6.03. The lowest BCUT2D eigenvalue weighted by molar-refractivity contribution is -0.113. The lowest BCUT2D eigenvalue weighted by atomic mass is 10.1. The third-order valence-corrected chi connectivity index (χ3v) is 2.22. The van der Waals surface area contributed by atoms with Crippen molar-refractivity contribution in [2.45, 2.75) is 6.42 Å². The van der Waals surface area contributed by atoms with Gasteiger partial charge in [-0.3, -0.25) is 4.79 Å². The maximum absolute atomic E-state index is 12.6. The number of halogens is 1. The number of nitrogens with zero attached hydrogens (tertiary/aromatic N) is 1. The zero-order valence-electron chi connectivity index (χ0n) is 8.57. The van der Waals surface area contributed by atoms with E-state index in [1.54, 1.807) is 6.08 Å². The van der Waals surface area contributed by atoms with Gasteiger partial charge in [-0.2, -0.15) is 0 Å². The first-order valence-corrected chi connectivity index (χ1v) is 4.95. The first-order chi connectivity index (χ1) is 7.75. The number of carbonyl (C=O) groups excluding carboxylic acids is 1. The highest BCUT2D eigenvalue weighted by Gasteiger charge is 2.12. The fourth-order valence-electron chi connectivity index (χ4n) is 1.38. The quantitative estimate of drug-likeness (QED) is 0.825. The van der Waals surface area contributed by atoms with Crippen LogP contribution in [0.2, 0.25) is 0 Å². The van der Waals surface area contributed by atoms with Gasteiger partial charge in [0.25, 0.3) is 5.91 Å². The van der Waals surface area contributed by atoms with Gasteiger partial charge in [-0.05, 0) is 12.1 Å². The van der Waals surface area contributed by atoms with E-state index in [4.69, 9.17) is 4.74 Å². The summed E-state index contributed by atoms with van der Waals surface area (Å²) in [6, 6.07) is 2.67. The van der Waals surface area contributed by atoms with E-state index in [9.17, 15) is 9.18 Å². The van der Waals surface area contributed by atoms with E-state index in [2.05, 4.69) is 10.3 Å². The number of anilines is 1. The highest BCUT2D eigenvalue weighted by atomic mass is 19.1. The van der Waals surface area contributed by atoms with Crippen LogP contribution in [0.4, 0.5) is 10.2 Å².